The summed E-state index contributed by atoms with van der Waals surface area (Å²) in [5.74, 6) is -0.0897. The third-order valence-electron chi connectivity index (χ3n) is 2.02. The molecular formula is C10H20N2O4S. The van der Waals surface area contributed by atoms with Gasteiger partial charge in [-0.3, -0.25) is 0 Å². The molecule has 17 heavy (non-hydrogen) atoms. The fourth-order valence-electron chi connectivity index (χ4n) is 1.12. The first-order valence-corrected chi connectivity index (χ1v) is 6.76. The molecule has 0 aliphatic carbocycles. The molecule has 0 aromatic heterocycles. The van der Waals surface area contributed by atoms with Crippen LogP contribution in [-0.2, 0) is 9.53 Å². The number of amides is 2. The van der Waals surface area contributed by atoms with E-state index in [1.165, 1.54) is 7.11 Å². The molecule has 0 fully saturated rings. The van der Waals surface area contributed by atoms with Gasteiger partial charge in [0.2, 0.25) is 0 Å². The Balaban J connectivity index is 3.83. The quantitative estimate of drug-likeness (QED) is 0.529. The second-order valence-electron chi connectivity index (χ2n) is 3.42. The van der Waals surface area contributed by atoms with E-state index in [1.54, 1.807) is 11.8 Å². The van der Waals surface area contributed by atoms with Gasteiger partial charge < -0.3 is 20.5 Å². The van der Waals surface area contributed by atoms with Crippen LogP contribution in [0.2, 0.25) is 0 Å². The number of methoxy groups -OCH3 is 1. The van der Waals surface area contributed by atoms with Crippen molar-refractivity contribution < 1.29 is 19.4 Å². The molecule has 1 atom stereocenters. The molecule has 0 aliphatic heterocycles. The van der Waals surface area contributed by atoms with Gasteiger partial charge in [0.05, 0.1) is 0 Å². The van der Waals surface area contributed by atoms with Crippen molar-refractivity contribution in [3.05, 3.63) is 0 Å². The van der Waals surface area contributed by atoms with Crippen LogP contribution in [0.15, 0.2) is 0 Å². The standard InChI is InChI=1S/C10H20N2O4S/c1-16-6-4-8(9(13)14)12-10(15)11-5-3-7-17-2/h8H,3-7H2,1-2H3,(H,13,14)(H2,11,12,15). The number of carbonyl (C=O) groups is 2. The number of thioether (sulfide) groups is 1. The Morgan fingerprint density at radius 1 is 1.47 bits per heavy atom. The van der Waals surface area contributed by atoms with Gasteiger partial charge in [-0.05, 0) is 18.4 Å². The molecule has 1 unspecified atom stereocenters. The van der Waals surface area contributed by atoms with Crippen LogP contribution < -0.4 is 10.6 Å². The molecule has 100 valence electrons. The van der Waals surface area contributed by atoms with E-state index in [0.717, 1.165) is 12.2 Å². The summed E-state index contributed by atoms with van der Waals surface area (Å²) in [5, 5.41) is 13.9. The first kappa shape index (κ1) is 16.1. The Bertz CT molecular complexity index is 238. The maximum atomic E-state index is 11.4. The molecule has 0 rings (SSSR count). The molecule has 0 radical (unpaired) electrons. The zero-order valence-electron chi connectivity index (χ0n) is 10.2. The summed E-state index contributed by atoms with van der Waals surface area (Å²) in [5.41, 5.74) is 0. The third-order valence-corrected chi connectivity index (χ3v) is 2.72. The number of carboxylic acid groups (broad SMARTS) is 1. The Morgan fingerprint density at radius 3 is 2.71 bits per heavy atom. The van der Waals surface area contributed by atoms with Crippen LogP contribution in [0.5, 0.6) is 0 Å². The van der Waals surface area contributed by atoms with Crippen LogP contribution in [0.4, 0.5) is 4.79 Å². The second-order valence-corrected chi connectivity index (χ2v) is 4.40. The van der Waals surface area contributed by atoms with E-state index in [1.807, 2.05) is 6.26 Å². The van der Waals surface area contributed by atoms with Crippen LogP contribution >= 0.6 is 11.8 Å². The molecule has 0 aliphatic rings. The SMILES string of the molecule is COCCC(NC(=O)NCCCSC)C(=O)O. The van der Waals surface area contributed by atoms with Crippen LogP contribution in [0.1, 0.15) is 12.8 Å². The normalized spacial score (nSPS) is 11.9. The molecular weight excluding hydrogens is 244 g/mol. The van der Waals surface area contributed by atoms with Crippen molar-refractivity contribution in [1.82, 2.24) is 10.6 Å². The largest absolute Gasteiger partial charge is 0.480 e. The topological polar surface area (TPSA) is 87.7 Å². The highest BCUT2D eigenvalue weighted by Gasteiger charge is 2.18. The van der Waals surface area contributed by atoms with E-state index in [9.17, 15) is 9.59 Å². The molecule has 0 spiro atoms. The van der Waals surface area contributed by atoms with Crippen LogP contribution in [0.3, 0.4) is 0 Å². The lowest BCUT2D eigenvalue weighted by Crippen LogP contribution is -2.46. The number of nitrogens with one attached hydrogen (secondary N) is 2. The smallest absolute Gasteiger partial charge is 0.326 e. The minimum absolute atomic E-state index is 0.254. The molecule has 3 N–H and O–H groups in total. The monoisotopic (exact) mass is 264 g/mol. The summed E-state index contributed by atoms with van der Waals surface area (Å²) in [6.07, 6.45) is 3.11. The van der Waals surface area contributed by atoms with E-state index >= 15 is 0 Å². The Morgan fingerprint density at radius 2 is 2.18 bits per heavy atom. The molecule has 7 heteroatoms. The highest BCUT2D eigenvalue weighted by atomic mass is 32.2. The number of carbonyl (C=O) groups excluding carboxylic acids is 1. The lowest BCUT2D eigenvalue weighted by atomic mass is 10.2. The first-order valence-electron chi connectivity index (χ1n) is 5.36. The number of hydrogen-bond acceptors (Lipinski definition) is 4. The lowest BCUT2D eigenvalue weighted by molar-refractivity contribution is -0.139. The van der Waals surface area contributed by atoms with Gasteiger partial charge in [-0.25, -0.2) is 9.59 Å². The van der Waals surface area contributed by atoms with E-state index in [0.29, 0.717) is 13.2 Å². The number of carboxylic acids is 1. The number of urea groups is 1. The molecule has 0 aromatic rings. The Kier molecular flexibility index (Phi) is 9.65. The van der Waals surface area contributed by atoms with Crippen molar-refractivity contribution in [2.24, 2.45) is 0 Å². The van der Waals surface area contributed by atoms with E-state index in [2.05, 4.69) is 10.6 Å². The Hall–Kier alpha value is -0.950. The highest BCUT2D eigenvalue weighted by molar-refractivity contribution is 7.98. The summed E-state index contributed by atoms with van der Waals surface area (Å²) < 4.78 is 4.78. The maximum absolute atomic E-state index is 11.4. The van der Waals surface area contributed by atoms with Gasteiger partial charge in [0.25, 0.3) is 0 Å². The van der Waals surface area contributed by atoms with Gasteiger partial charge in [0.15, 0.2) is 0 Å². The van der Waals surface area contributed by atoms with Gasteiger partial charge in [-0.2, -0.15) is 11.8 Å². The minimum Gasteiger partial charge on any atom is -0.480 e. The molecule has 0 aromatic carbocycles. The first-order chi connectivity index (χ1) is 8.11. The van der Waals surface area contributed by atoms with Gasteiger partial charge in [-0.15, -0.1) is 0 Å². The van der Waals surface area contributed by atoms with Crippen molar-refractivity contribution in [2.45, 2.75) is 18.9 Å². The van der Waals surface area contributed by atoms with Crippen molar-refractivity contribution in [1.29, 1.82) is 0 Å². The number of ether oxygens (including phenoxy) is 1. The van der Waals surface area contributed by atoms with Crippen LogP contribution in [0, 0.1) is 0 Å². The zero-order chi connectivity index (χ0) is 13.1. The third kappa shape index (κ3) is 8.82. The summed E-state index contributed by atoms with van der Waals surface area (Å²) >= 11 is 1.70. The van der Waals surface area contributed by atoms with Gasteiger partial charge in [0.1, 0.15) is 6.04 Å². The van der Waals surface area contributed by atoms with Gasteiger partial charge in [-0.1, -0.05) is 0 Å². The van der Waals surface area contributed by atoms with Gasteiger partial charge in [0, 0.05) is 26.7 Å². The number of rotatable bonds is 9. The molecule has 0 heterocycles. The average molecular weight is 264 g/mol. The van der Waals surface area contributed by atoms with Crippen molar-refractivity contribution in [3.63, 3.8) is 0 Å². The van der Waals surface area contributed by atoms with Crippen molar-refractivity contribution in [3.8, 4) is 0 Å². The maximum Gasteiger partial charge on any atom is 0.326 e. The summed E-state index contributed by atoms with van der Waals surface area (Å²) in [7, 11) is 1.49. The Labute approximate surface area is 105 Å². The predicted octanol–water partition coefficient (Wildman–Crippen LogP) is 0.528. The van der Waals surface area contributed by atoms with Crippen molar-refractivity contribution in [2.75, 3.05) is 32.3 Å². The molecule has 0 saturated heterocycles. The minimum atomic E-state index is -1.05. The zero-order valence-corrected chi connectivity index (χ0v) is 11.0. The second kappa shape index (κ2) is 10.2. The molecule has 0 saturated carbocycles. The molecule has 0 bridgehead atoms. The van der Waals surface area contributed by atoms with Crippen molar-refractivity contribution >= 4 is 23.8 Å². The summed E-state index contributed by atoms with van der Waals surface area (Å²) in [6, 6.07) is -1.36. The number of hydrogen-bond donors (Lipinski definition) is 3. The number of aliphatic carboxylic acids is 1. The van der Waals surface area contributed by atoms with E-state index < -0.39 is 18.0 Å². The predicted molar refractivity (Wildman–Crippen MR) is 67.5 cm³/mol. The molecule has 2 amide bonds. The average Bonchev–Trinajstić information content (AvgIpc) is 2.29. The van der Waals surface area contributed by atoms with E-state index in [4.69, 9.17) is 9.84 Å². The van der Waals surface area contributed by atoms with Crippen LogP contribution in [0.25, 0.3) is 0 Å². The fourth-order valence-corrected chi connectivity index (χ4v) is 1.55. The summed E-state index contributed by atoms with van der Waals surface area (Å²) in [6.45, 7) is 0.840. The fraction of sp³-hybridized carbons (Fsp3) is 0.800. The summed E-state index contributed by atoms with van der Waals surface area (Å²) in [4.78, 5) is 22.2. The molecule has 6 nitrogen and oxygen atoms in total. The lowest BCUT2D eigenvalue weighted by Gasteiger charge is -2.14. The highest BCUT2D eigenvalue weighted by Crippen LogP contribution is 1.95. The van der Waals surface area contributed by atoms with Crippen LogP contribution in [-0.4, -0.2) is 55.4 Å². The van der Waals surface area contributed by atoms with Gasteiger partial charge >= 0.3 is 12.0 Å². The van der Waals surface area contributed by atoms with E-state index in [-0.39, 0.29) is 6.42 Å².